The molecule has 0 saturated carbocycles. The molecule has 0 saturated heterocycles. The molecular weight excluding hydrogens is 414 g/mol. The highest BCUT2D eigenvalue weighted by molar-refractivity contribution is 9.12. The highest BCUT2D eigenvalue weighted by Gasteiger charge is 2.25. The Morgan fingerprint density at radius 3 is 2.65 bits per heavy atom. The summed E-state index contributed by atoms with van der Waals surface area (Å²) in [5, 5.41) is 15.6. The summed E-state index contributed by atoms with van der Waals surface area (Å²) < 4.78 is 2.90. The largest absolute Gasteiger partial charge is 0.479 e. The second-order valence-corrected chi connectivity index (χ2v) is 7.68. The summed E-state index contributed by atoms with van der Waals surface area (Å²) >= 11 is 7.88. The number of carboxylic acid groups (broad SMARTS) is 1. The van der Waals surface area contributed by atoms with Gasteiger partial charge in [0.05, 0.1) is 19.3 Å². The zero-order valence-electron chi connectivity index (χ0n) is 10.1. The van der Waals surface area contributed by atoms with Gasteiger partial charge in [0.15, 0.2) is 6.04 Å². The van der Waals surface area contributed by atoms with Crippen LogP contribution in [0.5, 0.6) is 0 Å². The van der Waals surface area contributed by atoms with E-state index in [0.29, 0.717) is 14.9 Å². The maximum atomic E-state index is 12.1. The van der Waals surface area contributed by atoms with Crippen molar-refractivity contribution in [3.8, 4) is 0 Å². The van der Waals surface area contributed by atoms with Crippen LogP contribution < -0.4 is 5.32 Å². The third-order valence-corrected chi connectivity index (χ3v) is 4.82. The van der Waals surface area contributed by atoms with E-state index in [1.807, 2.05) is 0 Å². The number of nitrogens with one attached hydrogen (secondary N) is 1. The quantitative estimate of drug-likeness (QED) is 0.792. The van der Waals surface area contributed by atoms with Crippen LogP contribution in [-0.4, -0.2) is 26.8 Å². The van der Waals surface area contributed by atoms with Crippen molar-refractivity contribution in [2.75, 3.05) is 0 Å². The molecule has 0 radical (unpaired) electrons. The molecule has 1 amide bonds. The van der Waals surface area contributed by atoms with Gasteiger partial charge in [-0.05, 0) is 37.9 Å². The Morgan fingerprint density at radius 1 is 1.50 bits per heavy atom. The Labute approximate surface area is 135 Å². The van der Waals surface area contributed by atoms with Gasteiger partial charge in [-0.25, -0.2) is 4.79 Å². The Bertz CT molecular complexity index is 668. The van der Waals surface area contributed by atoms with Gasteiger partial charge in [0.2, 0.25) is 0 Å². The minimum atomic E-state index is -1.14. The number of aromatic nitrogens is 2. The van der Waals surface area contributed by atoms with E-state index in [1.54, 1.807) is 19.3 Å². The fourth-order valence-electron chi connectivity index (χ4n) is 1.58. The van der Waals surface area contributed by atoms with Crippen LogP contribution in [0.2, 0.25) is 0 Å². The topological polar surface area (TPSA) is 84.2 Å². The fourth-order valence-corrected chi connectivity index (χ4v) is 4.37. The average Bonchev–Trinajstić information content (AvgIpc) is 2.91. The molecule has 0 aliphatic heterocycles. The van der Waals surface area contributed by atoms with Crippen molar-refractivity contribution in [3.05, 3.63) is 37.2 Å². The number of aryl methyl sites for hydroxylation is 1. The molecule has 1 unspecified atom stereocenters. The normalized spacial score (nSPS) is 12.2. The van der Waals surface area contributed by atoms with E-state index < -0.39 is 17.9 Å². The van der Waals surface area contributed by atoms with Crippen molar-refractivity contribution in [1.29, 1.82) is 0 Å². The Morgan fingerprint density at radius 2 is 2.20 bits per heavy atom. The molecular formula is C11H9Br2N3O3S. The molecule has 0 bridgehead atoms. The molecule has 6 nitrogen and oxygen atoms in total. The van der Waals surface area contributed by atoms with Crippen molar-refractivity contribution >= 4 is 55.1 Å². The Hall–Kier alpha value is -1.19. The molecule has 2 rings (SSSR count). The zero-order valence-corrected chi connectivity index (χ0v) is 14.1. The Balaban J connectivity index is 2.23. The van der Waals surface area contributed by atoms with Crippen LogP contribution in [0.25, 0.3) is 0 Å². The van der Waals surface area contributed by atoms with Crippen LogP contribution in [0.1, 0.15) is 22.0 Å². The molecule has 2 N–H and O–H groups in total. The van der Waals surface area contributed by atoms with Gasteiger partial charge in [0.25, 0.3) is 5.91 Å². The van der Waals surface area contributed by atoms with Gasteiger partial charge < -0.3 is 10.4 Å². The van der Waals surface area contributed by atoms with E-state index in [0.717, 1.165) is 3.79 Å². The first-order valence-corrected chi connectivity index (χ1v) is 7.75. The predicted molar refractivity (Wildman–Crippen MR) is 80.8 cm³/mol. The number of halogens is 2. The second kappa shape index (κ2) is 6.06. The van der Waals surface area contributed by atoms with Crippen molar-refractivity contribution in [3.63, 3.8) is 0 Å². The summed E-state index contributed by atoms with van der Waals surface area (Å²) in [4.78, 5) is 23.4. The smallest absolute Gasteiger partial charge is 0.331 e. The molecule has 20 heavy (non-hydrogen) atoms. The van der Waals surface area contributed by atoms with Gasteiger partial charge in [-0.15, -0.1) is 11.3 Å². The number of amides is 1. The molecule has 106 valence electrons. The Kier molecular flexibility index (Phi) is 4.61. The van der Waals surface area contributed by atoms with Crippen LogP contribution in [0.4, 0.5) is 0 Å². The molecule has 2 heterocycles. The number of carbonyl (C=O) groups excluding carboxylic acids is 1. The molecule has 0 fully saturated rings. The number of carbonyl (C=O) groups is 2. The summed E-state index contributed by atoms with van der Waals surface area (Å²) in [6.07, 6.45) is 2.97. The number of hydrogen-bond donors (Lipinski definition) is 2. The van der Waals surface area contributed by atoms with Gasteiger partial charge in [0.1, 0.15) is 0 Å². The van der Waals surface area contributed by atoms with E-state index in [1.165, 1.54) is 22.2 Å². The molecule has 0 aromatic carbocycles. The SMILES string of the molecule is Cn1cc(C(NC(=O)c2cc(Br)sc2Br)C(=O)O)cn1. The molecule has 2 aromatic rings. The van der Waals surface area contributed by atoms with Crippen LogP contribution in [0.3, 0.4) is 0 Å². The van der Waals surface area contributed by atoms with Crippen molar-refractivity contribution in [1.82, 2.24) is 15.1 Å². The van der Waals surface area contributed by atoms with Crippen LogP contribution >= 0.6 is 43.2 Å². The number of nitrogens with zero attached hydrogens (tertiary/aromatic N) is 2. The van der Waals surface area contributed by atoms with Gasteiger partial charge >= 0.3 is 5.97 Å². The summed E-state index contributed by atoms with van der Waals surface area (Å²) in [6, 6.07) is 0.494. The van der Waals surface area contributed by atoms with Gasteiger partial charge in [-0.2, -0.15) is 5.10 Å². The third-order valence-electron chi connectivity index (χ3n) is 2.48. The zero-order chi connectivity index (χ0) is 14.9. The number of thiophene rings is 1. The lowest BCUT2D eigenvalue weighted by atomic mass is 10.1. The van der Waals surface area contributed by atoms with Crippen LogP contribution in [-0.2, 0) is 11.8 Å². The highest BCUT2D eigenvalue weighted by Crippen LogP contribution is 2.32. The van der Waals surface area contributed by atoms with E-state index >= 15 is 0 Å². The van der Waals surface area contributed by atoms with Crippen molar-refractivity contribution in [2.45, 2.75) is 6.04 Å². The minimum Gasteiger partial charge on any atom is -0.479 e. The van der Waals surface area contributed by atoms with Crippen molar-refractivity contribution < 1.29 is 14.7 Å². The van der Waals surface area contributed by atoms with E-state index in [2.05, 4.69) is 42.3 Å². The monoisotopic (exact) mass is 421 g/mol. The number of carboxylic acids is 1. The van der Waals surface area contributed by atoms with Crippen LogP contribution in [0.15, 0.2) is 26.0 Å². The minimum absolute atomic E-state index is 0.386. The summed E-state index contributed by atoms with van der Waals surface area (Å²) in [5.74, 6) is -1.60. The molecule has 0 spiro atoms. The van der Waals surface area contributed by atoms with Crippen molar-refractivity contribution in [2.24, 2.45) is 7.05 Å². The molecule has 2 aromatic heterocycles. The summed E-state index contributed by atoms with van der Waals surface area (Å²) in [6.45, 7) is 0. The maximum absolute atomic E-state index is 12.1. The predicted octanol–water partition coefficient (Wildman–Crippen LogP) is 2.56. The summed E-state index contributed by atoms with van der Waals surface area (Å²) in [7, 11) is 1.68. The van der Waals surface area contributed by atoms with Gasteiger partial charge in [-0.1, -0.05) is 0 Å². The highest BCUT2D eigenvalue weighted by atomic mass is 79.9. The maximum Gasteiger partial charge on any atom is 0.331 e. The van der Waals surface area contributed by atoms with E-state index in [9.17, 15) is 14.7 Å². The first kappa shape index (κ1) is 15.2. The van der Waals surface area contributed by atoms with Gasteiger partial charge in [-0.3, -0.25) is 9.48 Å². The lowest BCUT2D eigenvalue weighted by molar-refractivity contribution is -0.139. The first-order valence-electron chi connectivity index (χ1n) is 5.35. The van der Waals surface area contributed by atoms with E-state index in [-0.39, 0.29) is 0 Å². The number of aliphatic carboxylic acids is 1. The molecule has 0 aliphatic carbocycles. The van der Waals surface area contributed by atoms with Crippen LogP contribution in [0, 0.1) is 0 Å². The van der Waals surface area contributed by atoms with E-state index in [4.69, 9.17) is 0 Å². The fraction of sp³-hybridized carbons (Fsp3) is 0.182. The molecule has 0 aliphatic rings. The lowest BCUT2D eigenvalue weighted by Gasteiger charge is -2.12. The first-order chi connectivity index (χ1) is 9.38. The average molecular weight is 423 g/mol. The summed E-state index contributed by atoms with van der Waals surface area (Å²) in [5.41, 5.74) is 0.802. The third kappa shape index (κ3) is 3.28. The lowest BCUT2D eigenvalue weighted by Crippen LogP contribution is -2.33. The number of hydrogen-bond acceptors (Lipinski definition) is 4. The molecule has 9 heteroatoms. The molecule has 1 atom stereocenters. The number of rotatable bonds is 4. The standard InChI is InChI=1S/C11H9Br2N3O3S/c1-16-4-5(3-14-16)8(11(18)19)15-10(17)6-2-7(12)20-9(6)13/h2-4,8H,1H3,(H,15,17)(H,18,19). The second-order valence-electron chi connectivity index (χ2n) is 3.93. The van der Waals surface area contributed by atoms with Gasteiger partial charge in [0, 0.05) is 18.8 Å².